The lowest BCUT2D eigenvalue weighted by molar-refractivity contribution is -0.274. The first-order valence-corrected chi connectivity index (χ1v) is 11.5. The van der Waals surface area contributed by atoms with E-state index in [-0.39, 0.29) is 24.3 Å². The number of aromatic nitrogens is 2. The average Bonchev–Trinajstić information content (AvgIpc) is 2.83. The standard InChI is InChI=1S/C25H27F4N5O/c26-21-7-3-2-6-19(21)20-15-33-24(34-23(20)31-13-16-9-11-18(30)12-10-16)32-14-17-5-1-4-8-22(17)35-25(27,28)29/h1-8,15-16,18H,9-14,30H2,(H2,31,32,33,34). The van der Waals surface area contributed by atoms with E-state index in [2.05, 4.69) is 25.3 Å². The van der Waals surface area contributed by atoms with Gasteiger partial charge in [-0.15, -0.1) is 13.2 Å². The molecule has 0 atom stereocenters. The Labute approximate surface area is 200 Å². The molecule has 1 aromatic heterocycles. The van der Waals surface area contributed by atoms with Crippen molar-refractivity contribution in [1.82, 2.24) is 9.97 Å². The Morgan fingerprint density at radius 1 is 0.943 bits per heavy atom. The summed E-state index contributed by atoms with van der Waals surface area (Å²) < 4.78 is 56.8. The third kappa shape index (κ3) is 6.82. The van der Waals surface area contributed by atoms with Crippen LogP contribution in [0.5, 0.6) is 5.75 Å². The zero-order valence-electron chi connectivity index (χ0n) is 19.0. The fraction of sp³-hybridized carbons (Fsp3) is 0.360. The number of nitrogens with one attached hydrogen (secondary N) is 2. The van der Waals surface area contributed by atoms with Crippen molar-refractivity contribution in [2.24, 2.45) is 11.7 Å². The molecule has 2 aromatic carbocycles. The number of hydrogen-bond donors (Lipinski definition) is 3. The number of nitrogens with zero attached hydrogens (tertiary/aromatic N) is 2. The summed E-state index contributed by atoms with van der Waals surface area (Å²) in [5.41, 5.74) is 7.16. The van der Waals surface area contributed by atoms with Gasteiger partial charge in [0.2, 0.25) is 5.95 Å². The summed E-state index contributed by atoms with van der Waals surface area (Å²) in [5.74, 6) is 0.356. The Hall–Kier alpha value is -3.40. The molecule has 0 bridgehead atoms. The lowest BCUT2D eigenvalue weighted by Gasteiger charge is -2.26. The van der Waals surface area contributed by atoms with Crippen molar-refractivity contribution in [2.75, 3.05) is 17.2 Å². The van der Waals surface area contributed by atoms with Crippen molar-refractivity contribution >= 4 is 11.8 Å². The van der Waals surface area contributed by atoms with Crippen molar-refractivity contribution in [3.63, 3.8) is 0 Å². The second-order valence-corrected chi connectivity index (χ2v) is 8.61. The van der Waals surface area contributed by atoms with E-state index in [1.54, 1.807) is 24.3 Å². The molecule has 0 saturated heterocycles. The molecule has 1 heterocycles. The fourth-order valence-corrected chi connectivity index (χ4v) is 4.16. The molecule has 0 unspecified atom stereocenters. The second kappa shape index (κ2) is 10.9. The number of benzene rings is 2. The Kier molecular flexibility index (Phi) is 7.70. The minimum atomic E-state index is -4.80. The van der Waals surface area contributed by atoms with Crippen molar-refractivity contribution < 1.29 is 22.3 Å². The first kappa shape index (κ1) is 24.7. The topological polar surface area (TPSA) is 85.1 Å². The summed E-state index contributed by atoms with van der Waals surface area (Å²) in [5, 5.41) is 6.28. The molecular weight excluding hydrogens is 462 g/mol. The molecule has 186 valence electrons. The number of anilines is 2. The van der Waals surface area contributed by atoms with Gasteiger partial charge in [0.05, 0.1) is 0 Å². The van der Waals surface area contributed by atoms with Crippen molar-refractivity contribution in [2.45, 2.75) is 44.6 Å². The van der Waals surface area contributed by atoms with Gasteiger partial charge in [0.25, 0.3) is 0 Å². The summed E-state index contributed by atoms with van der Waals surface area (Å²) in [6.45, 7) is 0.651. The molecule has 1 fully saturated rings. The monoisotopic (exact) mass is 489 g/mol. The van der Waals surface area contributed by atoms with Crippen molar-refractivity contribution in [1.29, 1.82) is 0 Å². The predicted molar refractivity (Wildman–Crippen MR) is 126 cm³/mol. The van der Waals surface area contributed by atoms with Crippen LogP contribution in [-0.4, -0.2) is 28.9 Å². The number of ether oxygens (including phenoxy) is 1. The summed E-state index contributed by atoms with van der Waals surface area (Å²) in [7, 11) is 0. The summed E-state index contributed by atoms with van der Waals surface area (Å²) >= 11 is 0. The summed E-state index contributed by atoms with van der Waals surface area (Å²) in [6, 6.07) is 12.4. The minimum absolute atomic E-state index is 0.00521. The second-order valence-electron chi connectivity index (χ2n) is 8.61. The van der Waals surface area contributed by atoms with E-state index in [0.717, 1.165) is 25.7 Å². The Bertz CT molecular complexity index is 1130. The van der Waals surface area contributed by atoms with E-state index in [1.165, 1.54) is 30.5 Å². The number of rotatable bonds is 8. The highest BCUT2D eigenvalue weighted by molar-refractivity contribution is 5.75. The summed E-state index contributed by atoms with van der Waals surface area (Å²) in [4.78, 5) is 8.79. The maximum absolute atomic E-state index is 14.5. The largest absolute Gasteiger partial charge is 0.573 e. The summed E-state index contributed by atoms with van der Waals surface area (Å²) in [6.07, 6.45) is 0.620. The van der Waals surface area contributed by atoms with E-state index in [0.29, 0.717) is 35.0 Å². The zero-order valence-corrected chi connectivity index (χ0v) is 19.0. The number of para-hydroxylation sites is 1. The molecule has 0 aliphatic heterocycles. The minimum Gasteiger partial charge on any atom is -0.405 e. The molecule has 1 saturated carbocycles. The SMILES string of the molecule is NC1CCC(CNc2nc(NCc3ccccc3OC(F)(F)F)ncc2-c2ccccc2F)CC1. The van der Waals surface area contributed by atoms with Gasteiger partial charge < -0.3 is 21.1 Å². The van der Waals surface area contributed by atoms with Crippen molar-refractivity contribution in [3.8, 4) is 16.9 Å². The third-order valence-electron chi connectivity index (χ3n) is 6.04. The maximum atomic E-state index is 14.5. The molecule has 0 spiro atoms. The highest BCUT2D eigenvalue weighted by atomic mass is 19.4. The molecular formula is C25H27F4N5O. The molecule has 0 radical (unpaired) electrons. The fourth-order valence-electron chi connectivity index (χ4n) is 4.16. The molecule has 10 heteroatoms. The van der Waals surface area contributed by atoms with Crippen LogP contribution < -0.4 is 21.1 Å². The number of hydrogen-bond acceptors (Lipinski definition) is 6. The molecule has 4 rings (SSSR count). The number of alkyl halides is 3. The molecule has 3 aromatic rings. The average molecular weight is 490 g/mol. The van der Waals surface area contributed by atoms with E-state index < -0.39 is 12.2 Å². The zero-order chi connectivity index (χ0) is 24.8. The van der Waals surface area contributed by atoms with Crippen LogP contribution in [0.25, 0.3) is 11.1 Å². The van der Waals surface area contributed by atoms with E-state index >= 15 is 0 Å². The van der Waals surface area contributed by atoms with Crippen LogP contribution in [0, 0.1) is 11.7 Å². The van der Waals surface area contributed by atoms with Crippen molar-refractivity contribution in [3.05, 3.63) is 66.1 Å². The van der Waals surface area contributed by atoms with Gasteiger partial charge in [0, 0.05) is 42.0 Å². The smallest absolute Gasteiger partial charge is 0.405 e. The first-order valence-electron chi connectivity index (χ1n) is 11.5. The van der Waals surface area contributed by atoms with Gasteiger partial charge in [0.15, 0.2) is 0 Å². The first-order chi connectivity index (χ1) is 16.8. The number of nitrogens with two attached hydrogens (primary N) is 1. The Morgan fingerprint density at radius 3 is 2.40 bits per heavy atom. The molecule has 6 nitrogen and oxygen atoms in total. The van der Waals surface area contributed by atoms with Crippen LogP contribution in [0.2, 0.25) is 0 Å². The molecule has 35 heavy (non-hydrogen) atoms. The molecule has 0 amide bonds. The predicted octanol–water partition coefficient (Wildman–Crippen LogP) is 5.72. The van der Waals surface area contributed by atoms with Gasteiger partial charge in [-0.3, -0.25) is 0 Å². The third-order valence-corrected chi connectivity index (χ3v) is 6.04. The maximum Gasteiger partial charge on any atom is 0.573 e. The van der Waals surface area contributed by atoms with Crippen LogP contribution in [0.1, 0.15) is 31.2 Å². The Morgan fingerprint density at radius 2 is 1.66 bits per heavy atom. The van der Waals surface area contributed by atoms with E-state index in [1.807, 2.05) is 0 Å². The van der Waals surface area contributed by atoms with Crippen LogP contribution in [-0.2, 0) is 6.54 Å². The normalized spacial score (nSPS) is 18.2. The number of halogens is 4. The molecule has 1 aliphatic carbocycles. The van der Waals surface area contributed by atoms with E-state index in [9.17, 15) is 17.6 Å². The molecule has 4 N–H and O–H groups in total. The van der Waals surface area contributed by atoms with Gasteiger partial charge >= 0.3 is 6.36 Å². The molecule has 1 aliphatic rings. The quantitative estimate of drug-likeness (QED) is 0.351. The van der Waals surface area contributed by atoms with Crippen LogP contribution in [0.15, 0.2) is 54.7 Å². The van der Waals surface area contributed by atoms with Gasteiger partial charge in [-0.2, -0.15) is 4.98 Å². The van der Waals surface area contributed by atoms with Gasteiger partial charge in [-0.1, -0.05) is 36.4 Å². The van der Waals surface area contributed by atoms with E-state index in [4.69, 9.17) is 5.73 Å². The Balaban J connectivity index is 1.54. The highest BCUT2D eigenvalue weighted by Crippen LogP contribution is 2.31. The van der Waals surface area contributed by atoms with Crippen LogP contribution in [0.3, 0.4) is 0 Å². The van der Waals surface area contributed by atoms with Crippen LogP contribution >= 0.6 is 0 Å². The van der Waals surface area contributed by atoms with Gasteiger partial charge in [0.1, 0.15) is 17.4 Å². The van der Waals surface area contributed by atoms with Crippen LogP contribution in [0.4, 0.5) is 29.3 Å². The lowest BCUT2D eigenvalue weighted by Crippen LogP contribution is -2.29. The highest BCUT2D eigenvalue weighted by Gasteiger charge is 2.32. The van der Waals surface area contributed by atoms with Gasteiger partial charge in [-0.25, -0.2) is 9.37 Å². The van der Waals surface area contributed by atoms with Gasteiger partial charge in [-0.05, 0) is 43.7 Å². The lowest BCUT2D eigenvalue weighted by atomic mass is 9.86.